The van der Waals surface area contributed by atoms with Gasteiger partial charge < -0.3 is 0 Å². The van der Waals surface area contributed by atoms with Gasteiger partial charge in [0.25, 0.3) is 0 Å². The fourth-order valence-corrected chi connectivity index (χ4v) is 1.62. The molecule has 0 radical (unpaired) electrons. The second kappa shape index (κ2) is 3.25. The zero-order valence-electron chi connectivity index (χ0n) is 6.58. The van der Waals surface area contributed by atoms with Crippen molar-refractivity contribution in [1.82, 2.24) is 0 Å². The SMILES string of the molecule is CCC1=C(Cl)C=C(C)CC1. The highest BCUT2D eigenvalue weighted by molar-refractivity contribution is 6.31. The van der Waals surface area contributed by atoms with E-state index < -0.39 is 0 Å². The van der Waals surface area contributed by atoms with Crippen molar-refractivity contribution in [2.75, 3.05) is 0 Å². The Morgan fingerprint density at radius 2 is 2.20 bits per heavy atom. The van der Waals surface area contributed by atoms with Gasteiger partial charge in [-0.15, -0.1) is 0 Å². The molecule has 10 heavy (non-hydrogen) atoms. The Morgan fingerprint density at radius 1 is 1.50 bits per heavy atom. The van der Waals surface area contributed by atoms with Crippen molar-refractivity contribution >= 4 is 11.6 Å². The summed E-state index contributed by atoms with van der Waals surface area (Å²) in [5, 5.41) is 0.978. The highest BCUT2D eigenvalue weighted by atomic mass is 35.5. The minimum absolute atomic E-state index is 0.978. The molecule has 1 rings (SSSR count). The number of allylic oxidation sites excluding steroid dienone is 4. The monoisotopic (exact) mass is 156 g/mol. The molecule has 0 amide bonds. The summed E-state index contributed by atoms with van der Waals surface area (Å²) in [6, 6.07) is 0. The van der Waals surface area contributed by atoms with Gasteiger partial charge in [-0.05, 0) is 32.3 Å². The lowest BCUT2D eigenvalue weighted by molar-refractivity contribution is 0.853. The molecule has 0 aromatic carbocycles. The molecule has 0 saturated heterocycles. The van der Waals surface area contributed by atoms with Crippen LogP contribution in [0.25, 0.3) is 0 Å². The Morgan fingerprint density at radius 3 is 2.70 bits per heavy atom. The maximum absolute atomic E-state index is 5.98. The second-order valence-electron chi connectivity index (χ2n) is 2.80. The molecular weight excluding hydrogens is 144 g/mol. The molecule has 56 valence electrons. The van der Waals surface area contributed by atoms with Crippen LogP contribution in [0.4, 0.5) is 0 Å². The lowest BCUT2D eigenvalue weighted by Crippen LogP contribution is -1.92. The Hall–Kier alpha value is -0.230. The molecule has 0 aliphatic heterocycles. The normalized spacial score (nSPS) is 19.3. The fourth-order valence-electron chi connectivity index (χ4n) is 1.20. The molecule has 0 unspecified atom stereocenters. The van der Waals surface area contributed by atoms with E-state index in [1.807, 2.05) is 0 Å². The minimum Gasteiger partial charge on any atom is -0.0844 e. The van der Waals surface area contributed by atoms with Crippen molar-refractivity contribution in [2.24, 2.45) is 0 Å². The summed E-state index contributed by atoms with van der Waals surface area (Å²) in [7, 11) is 0. The van der Waals surface area contributed by atoms with E-state index in [0.717, 1.165) is 17.9 Å². The first kappa shape index (κ1) is 7.87. The second-order valence-corrected chi connectivity index (χ2v) is 3.20. The van der Waals surface area contributed by atoms with Crippen LogP contribution in [0.3, 0.4) is 0 Å². The molecule has 0 saturated carbocycles. The van der Waals surface area contributed by atoms with Gasteiger partial charge in [-0.1, -0.05) is 29.7 Å². The summed E-state index contributed by atoms with van der Waals surface area (Å²) in [5.74, 6) is 0. The van der Waals surface area contributed by atoms with Crippen LogP contribution in [0.2, 0.25) is 0 Å². The van der Waals surface area contributed by atoms with Crippen molar-refractivity contribution in [3.63, 3.8) is 0 Å². The van der Waals surface area contributed by atoms with Crippen LogP contribution in [0.15, 0.2) is 22.3 Å². The summed E-state index contributed by atoms with van der Waals surface area (Å²) in [6.07, 6.45) is 5.55. The first-order chi connectivity index (χ1) is 4.74. The van der Waals surface area contributed by atoms with E-state index in [0.29, 0.717) is 0 Å². The fraction of sp³-hybridized carbons (Fsp3) is 0.556. The van der Waals surface area contributed by atoms with Gasteiger partial charge >= 0.3 is 0 Å². The smallest absolute Gasteiger partial charge is 0.0397 e. The zero-order valence-corrected chi connectivity index (χ0v) is 7.33. The molecule has 1 heteroatoms. The van der Waals surface area contributed by atoms with Crippen LogP contribution in [-0.4, -0.2) is 0 Å². The maximum Gasteiger partial charge on any atom is 0.0397 e. The molecule has 0 N–H and O–H groups in total. The van der Waals surface area contributed by atoms with Gasteiger partial charge in [-0.2, -0.15) is 0 Å². The number of halogens is 1. The molecule has 1 aliphatic rings. The molecule has 0 aromatic rings. The van der Waals surface area contributed by atoms with Crippen molar-refractivity contribution < 1.29 is 0 Å². The first-order valence-corrected chi connectivity index (χ1v) is 4.16. The zero-order chi connectivity index (χ0) is 7.56. The molecule has 0 heterocycles. The van der Waals surface area contributed by atoms with Gasteiger partial charge in [0.2, 0.25) is 0 Å². The van der Waals surface area contributed by atoms with Gasteiger partial charge in [0, 0.05) is 5.03 Å². The summed E-state index contributed by atoms with van der Waals surface area (Å²) < 4.78 is 0. The highest BCUT2D eigenvalue weighted by Crippen LogP contribution is 2.27. The Balaban J connectivity index is 2.80. The Bertz CT molecular complexity index is 187. The van der Waals surface area contributed by atoms with E-state index in [4.69, 9.17) is 11.6 Å². The van der Waals surface area contributed by atoms with Crippen molar-refractivity contribution in [1.29, 1.82) is 0 Å². The van der Waals surface area contributed by atoms with E-state index in [-0.39, 0.29) is 0 Å². The number of hydrogen-bond acceptors (Lipinski definition) is 0. The average Bonchev–Trinajstić information content (AvgIpc) is 1.88. The van der Waals surface area contributed by atoms with Crippen LogP contribution in [-0.2, 0) is 0 Å². The van der Waals surface area contributed by atoms with Crippen molar-refractivity contribution in [3.8, 4) is 0 Å². The predicted octanol–water partition coefficient (Wildman–Crippen LogP) is 3.63. The number of hydrogen-bond donors (Lipinski definition) is 0. The molecule has 1 aliphatic carbocycles. The van der Waals surface area contributed by atoms with Gasteiger partial charge in [-0.3, -0.25) is 0 Å². The van der Waals surface area contributed by atoms with Crippen LogP contribution in [0.1, 0.15) is 33.1 Å². The first-order valence-electron chi connectivity index (χ1n) is 3.78. The third-order valence-electron chi connectivity index (χ3n) is 1.96. The maximum atomic E-state index is 5.98. The molecule has 0 bridgehead atoms. The van der Waals surface area contributed by atoms with E-state index in [1.54, 1.807) is 0 Å². The quantitative estimate of drug-likeness (QED) is 0.544. The average molecular weight is 157 g/mol. The predicted molar refractivity (Wildman–Crippen MR) is 46.2 cm³/mol. The van der Waals surface area contributed by atoms with Gasteiger partial charge in [-0.25, -0.2) is 0 Å². The van der Waals surface area contributed by atoms with Crippen LogP contribution in [0, 0.1) is 0 Å². The Kier molecular flexibility index (Phi) is 2.56. The van der Waals surface area contributed by atoms with E-state index in [1.165, 1.54) is 17.6 Å². The third-order valence-corrected chi connectivity index (χ3v) is 2.34. The Labute approximate surface area is 67.6 Å². The summed E-state index contributed by atoms with van der Waals surface area (Å²) in [5.41, 5.74) is 2.81. The summed E-state index contributed by atoms with van der Waals surface area (Å²) in [4.78, 5) is 0. The van der Waals surface area contributed by atoms with Gasteiger partial charge in [0.1, 0.15) is 0 Å². The molecular formula is C9H13Cl. The van der Waals surface area contributed by atoms with Crippen LogP contribution < -0.4 is 0 Å². The van der Waals surface area contributed by atoms with E-state index >= 15 is 0 Å². The largest absolute Gasteiger partial charge is 0.0844 e. The highest BCUT2D eigenvalue weighted by Gasteiger charge is 2.06. The van der Waals surface area contributed by atoms with E-state index in [9.17, 15) is 0 Å². The molecule has 0 spiro atoms. The van der Waals surface area contributed by atoms with Crippen molar-refractivity contribution in [2.45, 2.75) is 33.1 Å². The molecule has 0 atom stereocenters. The lowest BCUT2D eigenvalue weighted by Gasteiger charge is -2.12. The standard InChI is InChI=1S/C9H13Cl/c1-3-8-5-4-7(2)6-9(8)10/h6H,3-5H2,1-2H3. The molecule has 0 nitrogen and oxygen atoms in total. The third kappa shape index (κ3) is 1.63. The summed E-state index contributed by atoms with van der Waals surface area (Å²) >= 11 is 5.98. The van der Waals surface area contributed by atoms with Crippen LogP contribution in [0.5, 0.6) is 0 Å². The van der Waals surface area contributed by atoms with E-state index in [2.05, 4.69) is 19.9 Å². The summed E-state index contributed by atoms with van der Waals surface area (Å²) in [6.45, 7) is 4.29. The van der Waals surface area contributed by atoms with Crippen molar-refractivity contribution in [3.05, 3.63) is 22.3 Å². The van der Waals surface area contributed by atoms with Gasteiger partial charge in [0.15, 0.2) is 0 Å². The van der Waals surface area contributed by atoms with Gasteiger partial charge in [0.05, 0.1) is 0 Å². The number of rotatable bonds is 1. The molecule has 0 fully saturated rings. The lowest BCUT2D eigenvalue weighted by atomic mass is 9.98. The minimum atomic E-state index is 0.978. The molecule has 0 aromatic heterocycles. The topological polar surface area (TPSA) is 0 Å². The van der Waals surface area contributed by atoms with Crippen LogP contribution >= 0.6 is 11.6 Å².